The number of allylic oxidation sites excluding steroid dienone is 2. The van der Waals surface area contributed by atoms with Gasteiger partial charge < -0.3 is 9.84 Å². The van der Waals surface area contributed by atoms with Gasteiger partial charge in [0.15, 0.2) is 0 Å². The van der Waals surface area contributed by atoms with E-state index in [1.54, 1.807) is 6.07 Å². The van der Waals surface area contributed by atoms with E-state index in [1.165, 1.54) is 19.1 Å². The zero-order valence-corrected chi connectivity index (χ0v) is 18.5. The summed E-state index contributed by atoms with van der Waals surface area (Å²) in [6.45, 7) is 6.04. The Labute approximate surface area is 176 Å². The first kappa shape index (κ1) is 24.1. The average Bonchev–Trinajstić information content (AvgIpc) is 3.51. The van der Waals surface area contributed by atoms with Gasteiger partial charge in [-0.1, -0.05) is 22.8 Å². The summed E-state index contributed by atoms with van der Waals surface area (Å²) in [5, 5.41) is 8.75. The summed E-state index contributed by atoms with van der Waals surface area (Å²) in [5.41, 5.74) is 10.0. The molecule has 0 bridgehead atoms. The fourth-order valence-corrected chi connectivity index (χ4v) is 4.34. The molecule has 0 heterocycles. The van der Waals surface area contributed by atoms with Crippen LogP contribution in [-0.4, -0.2) is 24.7 Å². The lowest BCUT2D eigenvalue weighted by atomic mass is 10.2. The fraction of sp³-hybridized carbons (Fsp3) is 0.550. The second kappa shape index (κ2) is 11.3. The highest BCUT2D eigenvalue weighted by Crippen LogP contribution is 2.45. The lowest BCUT2D eigenvalue weighted by Crippen LogP contribution is -2.23. The van der Waals surface area contributed by atoms with Crippen molar-refractivity contribution in [1.29, 1.82) is 0 Å². The Hall–Kier alpha value is -2.18. The van der Waals surface area contributed by atoms with Crippen molar-refractivity contribution in [3.8, 4) is 0 Å². The summed E-state index contributed by atoms with van der Waals surface area (Å²) in [5.74, 6) is -0.704. The SMILES string of the molecule is CC(C)=CCCP(=O)(NCC1CC1)OCc1ccc(NC(=O)[C@H](C)N=[N+]=[N-])c(F)c1. The number of benzene rings is 1. The van der Waals surface area contributed by atoms with Gasteiger partial charge in [0.1, 0.15) is 11.9 Å². The van der Waals surface area contributed by atoms with E-state index in [0.29, 0.717) is 30.6 Å². The van der Waals surface area contributed by atoms with Crippen molar-refractivity contribution >= 4 is 19.1 Å². The Morgan fingerprint density at radius 1 is 1.47 bits per heavy atom. The van der Waals surface area contributed by atoms with Gasteiger partial charge in [-0.25, -0.2) is 9.48 Å². The van der Waals surface area contributed by atoms with Crippen molar-refractivity contribution in [1.82, 2.24) is 5.09 Å². The normalized spacial score (nSPS) is 16.1. The number of nitrogens with zero attached hydrogens (tertiary/aromatic N) is 3. The Morgan fingerprint density at radius 3 is 2.80 bits per heavy atom. The van der Waals surface area contributed by atoms with Gasteiger partial charge in [-0.05, 0) is 69.2 Å². The number of hydrogen-bond acceptors (Lipinski definition) is 4. The third-order valence-electron chi connectivity index (χ3n) is 4.63. The third kappa shape index (κ3) is 8.28. The molecule has 1 fully saturated rings. The van der Waals surface area contributed by atoms with E-state index in [9.17, 15) is 13.8 Å². The maximum Gasteiger partial charge on any atom is 0.270 e. The van der Waals surface area contributed by atoms with E-state index in [1.807, 2.05) is 19.9 Å². The summed E-state index contributed by atoms with van der Waals surface area (Å²) >= 11 is 0. The lowest BCUT2D eigenvalue weighted by molar-refractivity contribution is -0.117. The minimum atomic E-state index is -3.06. The monoisotopic (exact) mass is 437 g/mol. The van der Waals surface area contributed by atoms with Crippen LogP contribution in [-0.2, 0) is 20.5 Å². The van der Waals surface area contributed by atoms with Gasteiger partial charge >= 0.3 is 0 Å². The van der Waals surface area contributed by atoms with Crippen LogP contribution >= 0.6 is 7.52 Å². The predicted molar refractivity (Wildman–Crippen MR) is 116 cm³/mol. The molecule has 8 nitrogen and oxygen atoms in total. The molecule has 0 spiro atoms. The molecule has 0 aliphatic heterocycles. The van der Waals surface area contributed by atoms with E-state index in [0.717, 1.165) is 18.4 Å². The molecule has 30 heavy (non-hydrogen) atoms. The van der Waals surface area contributed by atoms with Crippen molar-refractivity contribution in [2.45, 2.75) is 52.7 Å². The Balaban J connectivity index is 1.99. The standard InChI is InChI=1S/C20H29FN5O3P/c1-14(2)5-4-10-30(28,23-12-16-6-7-16)29-13-17-8-9-19(18(21)11-17)24-20(27)15(3)25-26-22/h5,8-9,11,15-16H,4,6-7,10,12-13H2,1-3H3,(H,23,28)(H,24,27)/t15-,30?/m0/s1. The quantitative estimate of drug-likeness (QED) is 0.147. The maximum absolute atomic E-state index is 14.4. The zero-order valence-electron chi connectivity index (χ0n) is 17.6. The Bertz CT molecular complexity index is 877. The zero-order chi connectivity index (χ0) is 22.1. The molecule has 1 aromatic rings. The molecule has 1 aliphatic carbocycles. The smallest absolute Gasteiger partial charge is 0.270 e. The molecule has 164 valence electrons. The lowest BCUT2D eigenvalue weighted by Gasteiger charge is -2.20. The van der Waals surface area contributed by atoms with Crippen LogP contribution in [0.15, 0.2) is 35.0 Å². The van der Waals surface area contributed by atoms with Crippen molar-refractivity contribution in [2.24, 2.45) is 11.0 Å². The van der Waals surface area contributed by atoms with Gasteiger partial charge in [0.05, 0.1) is 12.3 Å². The second-order valence-corrected chi connectivity index (χ2v) is 10.1. The number of azide groups is 1. The molecule has 2 N–H and O–H groups in total. The van der Waals surface area contributed by atoms with E-state index in [4.69, 9.17) is 10.1 Å². The topological polar surface area (TPSA) is 116 Å². The van der Waals surface area contributed by atoms with Crippen LogP contribution in [0.25, 0.3) is 10.4 Å². The van der Waals surface area contributed by atoms with Gasteiger partial charge in [-0.15, -0.1) is 0 Å². The van der Waals surface area contributed by atoms with Crippen LogP contribution in [0.1, 0.15) is 45.6 Å². The number of hydrogen-bond donors (Lipinski definition) is 2. The summed E-state index contributed by atoms with van der Waals surface area (Å²) in [6.07, 6.45) is 5.30. The van der Waals surface area contributed by atoms with Crippen molar-refractivity contribution in [2.75, 3.05) is 18.0 Å². The maximum atomic E-state index is 14.4. The van der Waals surface area contributed by atoms with E-state index >= 15 is 0 Å². The number of halogens is 1. The highest BCUT2D eigenvalue weighted by atomic mass is 31.2. The Kier molecular flexibility index (Phi) is 9.06. The van der Waals surface area contributed by atoms with E-state index in [-0.39, 0.29) is 12.3 Å². The molecule has 0 saturated heterocycles. The molecule has 2 rings (SSSR count). The van der Waals surface area contributed by atoms with Gasteiger partial charge in [0, 0.05) is 17.6 Å². The predicted octanol–water partition coefficient (Wildman–Crippen LogP) is 5.53. The summed E-state index contributed by atoms with van der Waals surface area (Å²) < 4.78 is 33.3. The molecular formula is C20H29FN5O3P. The molecule has 1 unspecified atom stereocenters. The third-order valence-corrected chi connectivity index (χ3v) is 6.69. The van der Waals surface area contributed by atoms with Crippen LogP contribution in [0.5, 0.6) is 0 Å². The molecule has 1 aromatic carbocycles. The molecular weight excluding hydrogens is 408 g/mol. The fourth-order valence-electron chi connectivity index (χ4n) is 2.60. The van der Waals surface area contributed by atoms with Crippen LogP contribution in [0.3, 0.4) is 0 Å². The average molecular weight is 437 g/mol. The van der Waals surface area contributed by atoms with Crippen molar-refractivity contribution < 1.29 is 18.3 Å². The molecule has 1 saturated carbocycles. The highest BCUT2D eigenvalue weighted by Gasteiger charge is 2.28. The number of amides is 1. The Morgan fingerprint density at radius 2 is 2.20 bits per heavy atom. The van der Waals surface area contributed by atoms with Gasteiger partial charge in [-0.2, -0.15) is 0 Å². The van der Waals surface area contributed by atoms with Gasteiger partial charge in [0.25, 0.3) is 7.52 Å². The van der Waals surface area contributed by atoms with E-state index in [2.05, 4.69) is 20.4 Å². The molecule has 0 aromatic heterocycles. The number of anilines is 1. The number of carbonyl (C=O) groups is 1. The molecule has 0 radical (unpaired) electrons. The molecule has 1 aliphatic rings. The highest BCUT2D eigenvalue weighted by molar-refractivity contribution is 7.56. The van der Waals surface area contributed by atoms with Crippen LogP contribution in [0.4, 0.5) is 10.1 Å². The second-order valence-electron chi connectivity index (χ2n) is 7.73. The summed E-state index contributed by atoms with van der Waals surface area (Å²) in [4.78, 5) is 14.4. The number of carbonyl (C=O) groups excluding carboxylic acids is 1. The minimum Gasteiger partial charge on any atom is -0.323 e. The first-order chi connectivity index (χ1) is 14.2. The van der Waals surface area contributed by atoms with Crippen LogP contribution in [0.2, 0.25) is 0 Å². The minimum absolute atomic E-state index is 0.00988. The first-order valence-electron chi connectivity index (χ1n) is 9.98. The first-order valence-corrected chi connectivity index (χ1v) is 11.8. The van der Waals surface area contributed by atoms with Crippen molar-refractivity contribution in [3.05, 3.63) is 51.7 Å². The van der Waals surface area contributed by atoms with E-state index < -0.39 is 25.3 Å². The summed E-state index contributed by atoms with van der Waals surface area (Å²) in [7, 11) is -3.06. The molecule has 10 heteroatoms. The van der Waals surface area contributed by atoms with Crippen molar-refractivity contribution in [3.63, 3.8) is 0 Å². The number of nitrogens with one attached hydrogen (secondary N) is 2. The largest absolute Gasteiger partial charge is 0.323 e. The molecule has 1 amide bonds. The summed E-state index contributed by atoms with van der Waals surface area (Å²) in [6, 6.07) is 3.27. The van der Waals surface area contributed by atoms with Crippen LogP contribution in [0, 0.1) is 11.7 Å². The van der Waals surface area contributed by atoms with Crippen LogP contribution < -0.4 is 10.4 Å². The number of rotatable bonds is 12. The van der Waals surface area contributed by atoms with Gasteiger partial charge in [0.2, 0.25) is 5.91 Å². The molecule has 2 atom stereocenters. The van der Waals surface area contributed by atoms with Gasteiger partial charge in [-0.3, -0.25) is 9.36 Å².